The molecule has 1 aromatic heterocycles. The molecule has 1 heterocycles. The first kappa shape index (κ1) is 17.5. The minimum atomic E-state index is -4.31. The van der Waals surface area contributed by atoms with Crippen LogP contribution in [0.4, 0.5) is 0 Å². The highest BCUT2D eigenvalue weighted by atomic mass is 33.1. The number of aryl methyl sites for hydroxylation is 1. The SMILES string of the molecule is CCC(=O)C(CCSSc1ccc(C)cn1)S(=O)(=O)O. The summed E-state index contributed by atoms with van der Waals surface area (Å²) in [4.78, 5) is 15.7. The number of ketones is 1. The normalized spacial score (nSPS) is 13.2. The number of Topliss-reactive ketones (excluding diaryl/α,β-unsaturated/α-hetero) is 1. The Kier molecular flexibility index (Phi) is 7.01. The number of aromatic nitrogens is 1. The van der Waals surface area contributed by atoms with Crippen molar-refractivity contribution >= 4 is 37.5 Å². The Hall–Kier alpha value is -0.570. The summed E-state index contributed by atoms with van der Waals surface area (Å²) in [7, 11) is -1.48. The Morgan fingerprint density at radius 2 is 2.15 bits per heavy atom. The smallest absolute Gasteiger partial charge is 0.275 e. The van der Waals surface area contributed by atoms with E-state index in [1.54, 1.807) is 13.1 Å². The molecule has 0 amide bonds. The van der Waals surface area contributed by atoms with Gasteiger partial charge in [0.05, 0.1) is 0 Å². The molecule has 112 valence electrons. The maximum absolute atomic E-state index is 11.5. The Balaban J connectivity index is 2.45. The van der Waals surface area contributed by atoms with Gasteiger partial charge in [-0.1, -0.05) is 23.8 Å². The van der Waals surface area contributed by atoms with Gasteiger partial charge in [-0.15, -0.1) is 0 Å². The molecule has 20 heavy (non-hydrogen) atoms. The van der Waals surface area contributed by atoms with Crippen molar-refractivity contribution in [2.24, 2.45) is 0 Å². The van der Waals surface area contributed by atoms with Crippen molar-refractivity contribution in [3.05, 3.63) is 23.9 Å². The van der Waals surface area contributed by atoms with Gasteiger partial charge in [0, 0.05) is 18.4 Å². The third-order valence-electron chi connectivity index (χ3n) is 2.56. The molecule has 0 aromatic carbocycles. The molecular weight excluding hydrogens is 318 g/mol. The molecule has 5 nitrogen and oxygen atoms in total. The van der Waals surface area contributed by atoms with Crippen LogP contribution in [0.1, 0.15) is 25.3 Å². The van der Waals surface area contributed by atoms with Crippen LogP contribution in [-0.4, -0.2) is 34.7 Å². The van der Waals surface area contributed by atoms with Gasteiger partial charge in [0.2, 0.25) is 0 Å². The van der Waals surface area contributed by atoms with E-state index in [9.17, 15) is 13.2 Å². The van der Waals surface area contributed by atoms with Gasteiger partial charge in [0.25, 0.3) is 10.1 Å². The number of rotatable bonds is 8. The van der Waals surface area contributed by atoms with Crippen molar-refractivity contribution in [1.82, 2.24) is 4.98 Å². The van der Waals surface area contributed by atoms with E-state index in [0.29, 0.717) is 5.75 Å². The first-order valence-corrected chi connectivity index (χ1v) is 9.88. The monoisotopic (exact) mass is 335 g/mol. The van der Waals surface area contributed by atoms with Crippen molar-refractivity contribution < 1.29 is 17.8 Å². The number of pyridine rings is 1. The molecule has 8 heteroatoms. The van der Waals surface area contributed by atoms with E-state index in [2.05, 4.69) is 4.98 Å². The summed E-state index contributed by atoms with van der Waals surface area (Å²) in [5.41, 5.74) is 1.07. The molecular formula is C12H17NO4S3. The summed E-state index contributed by atoms with van der Waals surface area (Å²) in [6.07, 6.45) is 1.96. The molecule has 1 unspecified atom stereocenters. The average molecular weight is 335 g/mol. The van der Waals surface area contributed by atoms with E-state index in [1.807, 2.05) is 19.1 Å². The molecule has 0 radical (unpaired) electrons. The van der Waals surface area contributed by atoms with Gasteiger partial charge in [0.1, 0.15) is 10.3 Å². The predicted octanol–water partition coefficient (Wildman–Crippen LogP) is 2.76. The van der Waals surface area contributed by atoms with Gasteiger partial charge in [-0.2, -0.15) is 8.42 Å². The molecule has 0 aliphatic rings. The molecule has 0 aliphatic heterocycles. The van der Waals surface area contributed by atoms with Crippen LogP contribution in [0, 0.1) is 6.92 Å². The fraction of sp³-hybridized carbons (Fsp3) is 0.500. The van der Waals surface area contributed by atoms with E-state index in [0.717, 1.165) is 10.6 Å². The van der Waals surface area contributed by atoms with Crippen LogP contribution in [0.25, 0.3) is 0 Å². The topological polar surface area (TPSA) is 84.3 Å². The van der Waals surface area contributed by atoms with Crippen molar-refractivity contribution in [2.45, 2.75) is 37.0 Å². The highest BCUT2D eigenvalue weighted by Crippen LogP contribution is 2.30. The number of carbonyl (C=O) groups is 1. The lowest BCUT2D eigenvalue weighted by Crippen LogP contribution is -2.30. The zero-order chi connectivity index (χ0) is 15.2. The molecule has 0 spiro atoms. The largest absolute Gasteiger partial charge is 0.298 e. The van der Waals surface area contributed by atoms with E-state index >= 15 is 0 Å². The summed E-state index contributed by atoms with van der Waals surface area (Å²) in [6, 6.07) is 3.82. The van der Waals surface area contributed by atoms with Crippen molar-refractivity contribution in [2.75, 3.05) is 5.75 Å². The lowest BCUT2D eigenvalue weighted by Gasteiger charge is -2.10. The van der Waals surface area contributed by atoms with E-state index in [-0.39, 0.29) is 12.8 Å². The molecule has 0 saturated heterocycles. The standard InChI is InChI=1S/C12H17NO4S3/c1-3-10(14)11(20(15,16)17)6-7-18-19-12-5-4-9(2)8-13-12/h4-5,8,11H,3,6-7H2,1-2H3,(H,15,16,17). The summed E-state index contributed by atoms with van der Waals surface area (Å²) in [5, 5.41) is -0.489. The van der Waals surface area contributed by atoms with Gasteiger partial charge in [-0.25, -0.2) is 4.98 Å². The Labute approximate surface area is 127 Å². The van der Waals surface area contributed by atoms with Gasteiger partial charge in [0.15, 0.2) is 5.78 Å². The fourth-order valence-electron chi connectivity index (χ4n) is 1.46. The third-order valence-corrected chi connectivity index (χ3v) is 6.08. The highest BCUT2D eigenvalue weighted by Gasteiger charge is 2.28. The second-order valence-corrected chi connectivity index (χ2v) is 8.23. The highest BCUT2D eigenvalue weighted by molar-refractivity contribution is 8.76. The fourth-order valence-corrected chi connectivity index (χ4v) is 4.48. The van der Waals surface area contributed by atoms with E-state index in [4.69, 9.17) is 4.55 Å². The molecule has 1 aromatic rings. The van der Waals surface area contributed by atoms with Gasteiger partial charge in [-0.05, 0) is 35.8 Å². The lowest BCUT2D eigenvalue weighted by molar-refractivity contribution is -0.118. The quantitative estimate of drug-likeness (QED) is 0.444. The van der Waals surface area contributed by atoms with Crippen molar-refractivity contribution in [3.8, 4) is 0 Å². The average Bonchev–Trinajstić information content (AvgIpc) is 2.38. The number of hydrogen-bond acceptors (Lipinski definition) is 6. The first-order valence-electron chi connectivity index (χ1n) is 6.05. The second-order valence-electron chi connectivity index (χ2n) is 4.19. The van der Waals surface area contributed by atoms with Crippen LogP contribution < -0.4 is 0 Å². The maximum Gasteiger partial charge on any atom is 0.275 e. The zero-order valence-corrected chi connectivity index (χ0v) is 13.7. The molecule has 0 saturated carbocycles. The molecule has 1 rings (SSSR count). The van der Waals surface area contributed by atoms with E-state index in [1.165, 1.54) is 21.6 Å². The summed E-state index contributed by atoms with van der Waals surface area (Å²) < 4.78 is 31.3. The molecule has 1 atom stereocenters. The summed E-state index contributed by atoms with van der Waals surface area (Å²) >= 11 is 0. The molecule has 0 aliphatic carbocycles. The van der Waals surface area contributed by atoms with Gasteiger partial charge < -0.3 is 0 Å². The summed E-state index contributed by atoms with van der Waals surface area (Å²) in [5.74, 6) is -0.0114. The van der Waals surface area contributed by atoms with Gasteiger partial charge in [-0.3, -0.25) is 9.35 Å². The maximum atomic E-state index is 11.5. The van der Waals surface area contributed by atoms with Crippen LogP contribution in [0.3, 0.4) is 0 Å². The number of nitrogens with zero attached hydrogens (tertiary/aromatic N) is 1. The molecule has 1 N–H and O–H groups in total. The van der Waals surface area contributed by atoms with Crippen molar-refractivity contribution in [3.63, 3.8) is 0 Å². The second kappa shape index (κ2) is 8.02. The summed E-state index contributed by atoms with van der Waals surface area (Å²) in [6.45, 7) is 3.53. The van der Waals surface area contributed by atoms with Gasteiger partial charge >= 0.3 is 0 Å². The van der Waals surface area contributed by atoms with Crippen LogP contribution in [-0.2, 0) is 14.9 Å². The number of hydrogen-bond donors (Lipinski definition) is 1. The van der Waals surface area contributed by atoms with Crippen LogP contribution in [0.2, 0.25) is 0 Å². The number of carbonyl (C=O) groups excluding carboxylic acids is 1. The Bertz CT molecular complexity index is 542. The Morgan fingerprint density at radius 1 is 1.45 bits per heavy atom. The third kappa shape index (κ3) is 5.82. The lowest BCUT2D eigenvalue weighted by atomic mass is 10.2. The minimum Gasteiger partial charge on any atom is -0.298 e. The Morgan fingerprint density at radius 3 is 2.65 bits per heavy atom. The van der Waals surface area contributed by atoms with E-state index < -0.39 is 21.2 Å². The van der Waals surface area contributed by atoms with Crippen LogP contribution in [0.5, 0.6) is 0 Å². The zero-order valence-electron chi connectivity index (χ0n) is 11.3. The minimum absolute atomic E-state index is 0.0990. The van der Waals surface area contributed by atoms with Crippen molar-refractivity contribution in [1.29, 1.82) is 0 Å². The van der Waals surface area contributed by atoms with Crippen LogP contribution in [0.15, 0.2) is 23.4 Å². The molecule has 0 fully saturated rings. The predicted molar refractivity (Wildman–Crippen MR) is 82.5 cm³/mol. The van der Waals surface area contributed by atoms with Crippen LogP contribution >= 0.6 is 21.6 Å². The molecule has 0 bridgehead atoms. The first-order chi connectivity index (χ1) is 9.34.